The molecule has 0 radical (unpaired) electrons. The molecular formula is C22H22N4O2. The van der Waals surface area contributed by atoms with E-state index in [9.17, 15) is 9.59 Å². The third-order valence-electron chi connectivity index (χ3n) is 4.99. The minimum Gasteiger partial charge on any atom is -0.335 e. The first-order chi connectivity index (χ1) is 13.6. The number of nitrogens with zero attached hydrogens (tertiary/aromatic N) is 2. The lowest BCUT2D eigenvalue weighted by Crippen LogP contribution is -2.49. The second-order valence-electron chi connectivity index (χ2n) is 7.01. The van der Waals surface area contributed by atoms with Gasteiger partial charge in [0.25, 0.3) is 11.5 Å². The third kappa shape index (κ3) is 3.73. The lowest BCUT2D eigenvalue weighted by molar-refractivity contribution is 0.0700. The van der Waals surface area contributed by atoms with E-state index in [2.05, 4.69) is 15.3 Å². The Morgan fingerprint density at radius 1 is 1.14 bits per heavy atom. The van der Waals surface area contributed by atoms with Crippen LogP contribution >= 0.6 is 0 Å². The van der Waals surface area contributed by atoms with Gasteiger partial charge in [-0.05, 0) is 18.6 Å². The van der Waals surface area contributed by atoms with Gasteiger partial charge in [0.1, 0.15) is 11.4 Å². The number of aromatic amines is 1. The molecule has 1 atom stereocenters. The van der Waals surface area contributed by atoms with Crippen LogP contribution in [0.1, 0.15) is 27.5 Å². The molecule has 1 saturated heterocycles. The Balaban J connectivity index is 1.55. The average Bonchev–Trinajstić information content (AvgIpc) is 2.74. The number of aryl methyl sites for hydroxylation is 1. The van der Waals surface area contributed by atoms with E-state index < -0.39 is 5.56 Å². The number of aromatic nitrogens is 2. The van der Waals surface area contributed by atoms with Crippen molar-refractivity contribution in [3.05, 3.63) is 87.8 Å². The van der Waals surface area contributed by atoms with Crippen LogP contribution in [-0.4, -0.2) is 40.4 Å². The first-order valence-corrected chi connectivity index (χ1v) is 9.36. The molecule has 2 N–H and O–H groups in total. The summed E-state index contributed by atoms with van der Waals surface area (Å²) in [6.07, 6.45) is 1.39. The van der Waals surface area contributed by atoms with Crippen LogP contribution in [-0.2, 0) is 0 Å². The van der Waals surface area contributed by atoms with Crippen LogP contribution in [0.4, 0.5) is 0 Å². The fraction of sp³-hybridized carbons (Fsp3) is 0.227. The molecule has 1 aliphatic rings. The molecule has 6 nitrogen and oxygen atoms in total. The first-order valence-electron chi connectivity index (χ1n) is 9.36. The van der Waals surface area contributed by atoms with Crippen molar-refractivity contribution in [2.24, 2.45) is 0 Å². The largest absolute Gasteiger partial charge is 0.335 e. The number of H-pyrrole nitrogens is 1. The molecule has 0 unspecified atom stereocenters. The molecule has 1 aliphatic heterocycles. The van der Waals surface area contributed by atoms with Crippen molar-refractivity contribution in [3.63, 3.8) is 0 Å². The van der Waals surface area contributed by atoms with Gasteiger partial charge in [-0.3, -0.25) is 9.59 Å². The highest BCUT2D eigenvalue weighted by molar-refractivity contribution is 5.93. The molecule has 3 aromatic rings. The summed E-state index contributed by atoms with van der Waals surface area (Å²) in [5.41, 5.74) is 2.69. The molecule has 2 aromatic carbocycles. The molecule has 28 heavy (non-hydrogen) atoms. The van der Waals surface area contributed by atoms with E-state index in [0.29, 0.717) is 25.5 Å². The Morgan fingerprint density at radius 3 is 2.71 bits per heavy atom. The van der Waals surface area contributed by atoms with Crippen molar-refractivity contribution in [3.8, 4) is 11.4 Å². The van der Waals surface area contributed by atoms with Gasteiger partial charge >= 0.3 is 0 Å². The van der Waals surface area contributed by atoms with Gasteiger partial charge in [0.2, 0.25) is 0 Å². The number of piperazine rings is 1. The summed E-state index contributed by atoms with van der Waals surface area (Å²) in [6.45, 7) is 3.73. The van der Waals surface area contributed by atoms with Gasteiger partial charge < -0.3 is 15.2 Å². The molecule has 1 aromatic heterocycles. The summed E-state index contributed by atoms with van der Waals surface area (Å²) in [4.78, 5) is 34.3. The smallest absolute Gasteiger partial charge is 0.264 e. The van der Waals surface area contributed by atoms with E-state index >= 15 is 0 Å². The zero-order chi connectivity index (χ0) is 19.5. The molecular weight excluding hydrogens is 352 g/mol. The number of amides is 1. The molecule has 4 rings (SSSR count). The minimum atomic E-state index is -0.411. The monoisotopic (exact) mass is 374 g/mol. The normalized spacial score (nSPS) is 16.8. The van der Waals surface area contributed by atoms with E-state index in [1.165, 1.54) is 6.20 Å². The summed E-state index contributed by atoms with van der Waals surface area (Å²) in [7, 11) is 0. The van der Waals surface area contributed by atoms with E-state index in [4.69, 9.17) is 0 Å². The quantitative estimate of drug-likeness (QED) is 0.739. The Labute approximate surface area is 163 Å². The fourth-order valence-electron chi connectivity index (χ4n) is 3.50. The second kappa shape index (κ2) is 7.78. The zero-order valence-electron chi connectivity index (χ0n) is 15.7. The van der Waals surface area contributed by atoms with Crippen LogP contribution in [0.5, 0.6) is 0 Å². The van der Waals surface area contributed by atoms with Gasteiger partial charge in [0.05, 0.1) is 0 Å². The van der Waals surface area contributed by atoms with Crippen molar-refractivity contribution >= 4 is 5.91 Å². The third-order valence-corrected chi connectivity index (χ3v) is 4.99. The van der Waals surface area contributed by atoms with Crippen LogP contribution in [0.3, 0.4) is 0 Å². The average molecular weight is 374 g/mol. The first kappa shape index (κ1) is 18.1. The van der Waals surface area contributed by atoms with Gasteiger partial charge in [-0.25, -0.2) is 4.98 Å². The molecule has 0 saturated carbocycles. The van der Waals surface area contributed by atoms with E-state index in [1.54, 1.807) is 4.90 Å². The number of carbonyl (C=O) groups is 1. The van der Waals surface area contributed by atoms with Gasteiger partial charge in [0, 0.05) is 37.4 Å². The highest BCUT2D eigenvalue weighted by Gasteiger charge is 2.26. The van der Waals surface area contributed by atoms with Crippen molar-refractivity contribution in [1.29, 1.82) is 0 Å². The van der Waals surface area contributed by atoms with Gasteiger partial charge in [-0.15, -0.1) is 0 Å². The van der Waals surface area contributed by atoms with Crippen molar-refractivity contribution in [2.75, 3.05) is 19.6 Å². The van der Waals surface area contributed by atoms with Gasteiger partial charge in [-0.1, -0.05) is 54.1 Å². The molecule has 2 heterocycles. The highest BCUT2D eigenvalue weighted by atomic mass is 16.2. The number of carbonyl (C=O) groups excluding carboxylic acids is 1. The lowest BCUT2D eigenvalue weighted by Gasteiger charge is -2.33. The maximum Gasteiger partial charge on any atom is 0.264 e. The van der Waals surface area contributed by atoms with Crippen LogP contribution in [0, 0.1) is 6.92 Å². The maximum absolute atomic E-state index is 12.9. The van der Waals surface area contributed by atoms with Crippen LogP contribution < -0.4 is 10.9 Å². The van der Waals surface area contributed by atoms with Crippen molar-refractivity contribution in [2.45, 2.75) is 13.0 Å². The minimum absolute atomic E-state index is 0.0532. The highest BCUT2D eigenvalue weighted by Crippen LogP contribution is 2.19. The molecule has 0 aliphatic carbocycles. The maximum atomic E-state index is 12.9. The van der Waals surface area contributed by atoms with E-state index in [1.807, 2.05) is 61.5 Å². The summed E-state index contributed by atoms with van der Waals surface area (Å²) in [6, 6.07) is 17.8. The van der Waals surface area contributed by atoms with Crippen LogP contribution in [0.25, 0.3) is 11.4 Å². The Morgan fingerprint density at radius 2 is 1.96 bits per heavy atom. The molecule has 0 bridgehead atoms. The molecule has 6 heteroatoms. The number of hydrogen-bond donors (Lipinski definition) is 2. The summed E-state index contributed by atoms with van der Waals surface area (Å²) < 4.78 is 0. The predicted octanol–water partition coefficient (Wildman–Crippen LogP) is 2.53. The topological polar surface area (TPSA) is 78.1 Å². The molecule has 1 fully saturated rings. The predicted molar refractivity (Wildman–Crippen MR) is 108 cm³/mol. The number of benzene rings is 2. The second-order valence-corrected chi connectivity index (χ2v) is 7.01. The molecule has 1 amide bonds. The van der Waals surface area contributed by atoms with Crippen LogP contribution in [0.2, 0.25) is 0 Å². The van der Waals surface area contributed by atoms with Gasteiger partial charge in [0.15, 0.2) is 0 Å². The number of nitrogens with one attached hydrogen (secondary N) is 2. The summed E-state index contributed by atoms with van der Waals surface area (Å²) >= 11 is 0. The Hall–Kier alpha value is -3.25. The van der Waals surface area contributed by atoms with Crippen LogP contribution in [0.15, 0.2) is 65.6 Å². The lowest BCUT2D eigenvalue weighted by atomic mass is 10.0. The number of rotatable bonds is 3. The van der Waals surface area contributed by atoms with E-state index in [0.717, 1.165) is 16.7 Å². The number of hydrogen-bond acceptors (Lipinski definition) is 4. The molecule has 142 valence electrons. The van der Waals surface area contributed by atoms with Crippen molar-refractivity contribution in [1.82, 2.24) is 20.2 Å². The summed E-state index contributed by atoms with van der Waals surface area (Å²) in [5, 5.41) is 3.43. The molecule has 0 spiro atoms. The summed E-state index contributed by atoms with van der Waals surface area (Å²) in [5.74, 6) is 0.180. The Bertz CT molecular complexity index is 1050. The SMILES string of the molecule is Cc1cccc(-c2ncc(C(=O)N3CCN[C@@H](c4ccccc4)C3)c(=O)[nH]2)c1. The van der Waals surface area contributed by atoms with E-state index in [-0.39, 0.29) is 17.5 Å². The Kier molecular flexibility index (Phi) is 5.04. The standard InChI is InChI=1S/C22H22N4O2/c1-15-6-5-9-17(12-15)20-24-13-18(21(27)25-20)22(28)26-11-10-23-19(14-26)16-7-3-2-4-8-16/h2-9,12-13,19,23H,10-11,14H2,1H3,(H,24,25,27)/t19-/m1/s1. The fourth-order valence-corrected chi connectivity index (χ4v) is 3.50. The zero-order valence-corrected chi connectivity index (χ0v) is 15.7. The van der Waals surface area contributed by atoms with Gasteiger partial charge in [-0.2, -0.15) is 0 Å². The van der Waals surface area contributed by atoms with Crippen molar-refractivity contribution < 1.29 is 4.79 Å².